The fraction of sp³-hybridized carbons (Fsp3) is 0.389. The molecule has 0 atom stereocenters. The van der Waals surface area contributed by atoms with Gasteiger partial charge in [0, 0.05) is 25.3 Å². The van der Waals surface area contributed by atoms with E-state index in [-0.39, 0.29) is 16.6 Å². The molecule has 1 aromatic carbocycles. The normalized spacial score (nSPS) is 11.6. The summed E-state index contributed by atoms with van der Waals surface area (Å²) in [7, 11) is -3.59. The Labute approximate surface area is 170 Å². The molecule has 1 amide bonds. The predicted molar refractivity (Wildman–Crippen MR) is 111 cm³/mol. The first kappa shape index (κ1) is 22.1. The maximum Gasteiger partial charge on any atom is 0.243 e. The minimum atomic E-state index is -3.59. The highest BCUT2D eigenvalue weighted by atomic mass is 32.2. The number of aromatic nitrogens is 3. The number of rotatable bonds is 10. The minimum Gasteiger partial charge on any atom is -0.325 e. The third-order valence-electron chi connectivity index (χ3n) is 4.06. The lowest BCUT2D eigenvalue weighted by atomic mass is 10.2. The Kier molecular flexibility index (Phi) is 7.78. The predicted octanol–water partition coefficient (Wildman–Crippen LogP) is 2.53. The van der Waals surface area contributed by atoms with E-state index in [9.17, 15) is 13.2 Å². The second-order valence-corrected chi connectivity index (χ2v) is 8.84. The van der Waals surface area contributed by atoms with Gasteiger partial charge < -0.3 is 9.88 Å². The zero-order valence-corrected chi connectivity index (χ0v) is 17.9. The number of hydrogen-bond acceptors (Lipinski definition) is 6. The maximum absolute atomic E-state index is 12.7. The van der Waals surface area contributed by atoms with E-state index >= 15 is 0 Å². The number of anilines is 1. The number of nitrogens with zero attached hydrogens (tertiary/aromatic N) is 4. The maximum atomic E-state index is 12.7. The molecule has 152 valence electrons. The first-order chi connectivity index (χ1) is 13.3. The molecule has 0 fully saturated rings. The van der Waals surface area contributed by atoms with Gasteiger partial charge in [-0.05, 0) is 24.6 Å². The third-order valence-corrected chi connectivity index (χ3v) is 7.09. The van der Waals surface area contributed by atoms with Crippen molar-refractivity contribution >= 4 is 33.4 Å². The van der Waals surface area contributed by atoms with E-state index in [1.165, 1.54) is 22.1 Å². The number of aryl methyl sites for hydroxylation is 1. The Balaban J connectivity index is 2.12. The highest BCUT2D eigenvalue weighted by Gasteiger charge is 2.22. The van der Waals surface area contributed by atoms with Crippen LogP contribution in [0.4, 0.5) is 5.69 Å². The molecule has 0 saturated heterocycles. The molecule has 0 bridgehead atoms. The van der Waals surface area contributed by atoms with Gasteiger partial charge in [0.05, 0.1) is 10.6 Å². The molecule has 2 aromatic rings. The number of sulfonamides is 1. The smallest absolute Gasteiger partial charge is 0.243 e. The van der Waals surface area contributed by atoms with Crippen LogP contribution in [0.1, 0.15) is 19.4 Å². The molecule has 0 aliphatic rings. The van der Waals surface area contributed by atoms with E-state index in [0.29, 0.717) is 30.5 Å². The Morgan fingerprint density at radius 1 is 1.36 bits per heavy atom. The van der Waals surface area contributed by atoms with E-state index in [4.69, 9.17) is 0 Å². The summed E-state index contributed by atoms with van der Waals surface area (Å²) < 4.78 is 28.6. The molecule has 0 unspecified atom stereocenters. The third kappa shape index (κ3) is 5.21. The summed E-state index contributed by atoms with van der Waals surface area (Å²) in [6, 6.07) is 4.76. The van der Waals surface area contributed by atoms with Gasteiger partial charge in [-0.15, -0.1) is 16.8 Å². The summed E-state index contributed by atoms with van der Waals surface area (Å²) in [5, 5.41) is 11.2. The van der Waals surface area contributed by atoms with Crippen LogP contribution in [0.5, 0.6) is 0 Å². The molecule has 0 radical (unpaired) electrons. The quantitative estimate of drug-likeness (QED) is 0.466. The summed E-state index contributed by atoms with van der Waals surface area (Å²) in [5.74, 6) is -0.124. The lowest BCUT2D eigenvalue weighted by Gasteiger charge is -2.19. The molecule has 0 aliphatic carbocycles. The van der Waals surface area contributed by atoms with Crippen molar-refractivity contribution < 1.29 is 13.2 Å². The van der Waals surface area contributed by atoms with Gasteiger partial charge in [0.2, 0.25) is 15.9 Å². The van der Waals surface area contributed by atoms with Crippen LogP contribution in [0.2, 0.25) is 0 Å². The number of amides is 1. The Morgan fingerprint density at radius 2 is 2.07 bits per heavy atom. The van der Waals surface area contributed by atoms with Gasteiger partial charge in [0.15, 0.2) is 5.16 Å². The van der Waals surface area contributed by atoms with Crippen LogP contribution >= 0.6 is 11.8 Å². The van der Waals surface area contributed by atoms with Crippen LogP contribution in [0.3, 0.4) is 0 Å². The zero-order chi connectivity index (χ0) is 20.7. The molecule has 10 heteroatoms. The van der Waals surface area contributed by atoms with E-state index in [0.717, 1.165) is 5.56 Å². The zero-order valence-electron chi connectivity index (χ0n) is 16.3. The van der Waals surface area contributed by atoms with E-state index in [1.807, 2.05) is 6.92 Å². The van der Waals surface area contributed by atoms with Crippen molar-refractivity contribution in [3.63, 3.8) is 0 Å². The summed E-state index contributed by atoms with van der Waals surface area (Å²) in [6.07, 6.45) is 3.30. The molecule has 2 rings (SSSR count). The second kappa shape index (κ2) is 9.85. The van der Waals surface area contributed by atoms with Crippen LogP contribution < -0.4 is 5.32 Å². The molecule has 0 spiro atoms. The van der Waals surface area contributed by atoms with Crippen LogP contribution in [0.25, 0.3) is 0 Å². The van der Waals surface area contributed by atoms with Crippen molar-refractivity contribution in [2.45, 2.75) is 37.4 Å². The first-order valence-electron chi connectivity index (χ1n) is 8.85. The number of allylic oxidation sites excluding steroid dienone is 1. The minimum absolute atomic E-state index is 0.127. The average molecular weight is 424 g/mol. The number of carbonyl (C=O) groups is 1. The van der Waals surface area contributed by atoms with E-state index < -0.39 is 10.0 Å². The van der Waals surface area contributed by atoms with Gasteiger partial charge in [-0.25, -0.2) is 8.42 Å². The highest BCUT2D eigenvalue weighted by Crippen LogP contribution is 2.23. The lowest BCUT2D eigenvalue weighted by molar-refractivity contribution is -0.113. The standard InChI is InChI=1S/C18H25N5O3S2/c1-5-10-22-13-19-21-18(22)27-12-17(24)20-16-11-15(9-8-14(16)4)28(25,26)23(6-2)7-3/h5,8-9,11,13H,1,6-7,10,12H2,2-4H3,(H,20,24). The molecule has 1 N–H and O–H groups in total. The van der Waals surface area contributed by atoms with Crippen LogP contribution in [0, 0.1) is 6.92 Å². The van der Waals surface area contributed by atoms with Crippen molar-refractivity contribution in [1.29, 1.82) is 0 Å². The van der Waals surface area contributed by atoms with Crippen LogP contribution in [-0.4, -0.2) is 52.2 Å². The number of benzene rings is 1. The lowest BCUT2D eigenvalue weighted by Crippen LogP contribution is -2.30. The van der Waals surface area contributed by atoms with Crippen molar-refractivity contribution in [3.05, 3.63) is 42.7 Å². The number of carbonyl (C=O) groups excluding carboxylic acids is 1. The molecular weight excluding hydrogens is 398 g/mol. The molecule has 0 aliphatic heterocycles. The van der Waals surface area contributed by atoms with Gasteiger partial charge in [-0.2, -0.15) is 4.31 Å². The summed E-state index contributed by atoms with van der Waals surface area (Å²) in [5.41, 5.74) is 1.26. The molecule has 8 nitrogen and oxygen atoms in total. The Morgan fingerprint density at radius 3 is 2.71 bits per heavy atom. The van der Waals surface area contributed by atoms with E-state index in [2.05, 4.69) is 22.1 Å². The van der Waals surface area contributed by atoms with Crippen LogP contribution in [0.15, 0.2) is 47.2 Å². The van der Waals surface area contributed by atoms with Crippen molar-refractivity contribution in [2.24, 2.45) is 0 Å². The van der Waals surface area contributed by atoms with Crippen LogP contribution in [-0.2, 0) is 21.4 Å². The summed E-state index contributed by atoms with van der Waals surface area (Å²) in [4.78, 5) is 12.5. The number of thioether (sulfide) groups is 1. The molecular formula is C18H25N5O3S2. The molecule has 28 heavy (non-hydrogen) atoms. The van der Waals surface area contributed by atoms with Gasteiger partial charge in [0.1, 0.15) is 6.33 Å². The van der Waals surface area contributed by atoms with Crippen molar-refractivity contribution in [3.8, 4) is 0 Å². The molecule has 0 saturated carbocycles. The summed E-state index contributed by atoms with van der Waals surface area (Å²) >= 11 is 1.25. The molecule has 1 aromatic heterocycles. The second-order valence-electron chi connectivity index (χ2n) is 5.96. The SMILES string of the molecule is C=CCn1cnnc1SCC(=O)Nc1cc(S(=O)(=O)N(CC)CC)ccc1C. The first-order valence-corrected chi connectivity index (χ1v) is 11.3. The highest BCUT2D eigenvalue weighted by molar-refractivity contribution is 7.99. The fourth-order valence-corrected chi connectivity index (χ4v) is 4.76. The van der Waals surface area contributed by atoms with Gasteiger partial charge in [-0.3, -0.25) is 4.79 Å². The number of hydrogen-bond donors (Lipinski definition) is 1. The van der Waals surface area contributed by atoms with Crippen molar-refractivity contribution in [1.82, 2.24) is 19.1 Å². The van der Waals surface area contributed by atoms with E-state index in [1.54, 1.807) is 43.0 Å². The molecule has 1 heterocycles. The Bertz CT molecular complexity index is 936. The van der Waals surface area contributed by atoms with Gasteiger partial charge in [-0.1, -0.05) is 37.8 Å². The van der Waals surface area contributed by atoms with Gasteiger partial charge in [0.25, 0.3) is 0 Å². The topological polar surface area (TPSA) is 97.2 Å². The number of nitrogens with one attached hydrogen (secondary N) is 1. The van der Waals surface area contributed by atoms with Crippen molar-refractivity contribution in [2.75, 3.05) is 24.2 Å². The Hall–Kier alpha value is -2.17. The van der Waals surface area contributed by atoms with Gasteiger partial charge >= 0.3 is 0 Å². The summed E-state index contributed by atoms with van der Waals surface area (Å²) in [6.45, 7) is 10.4. The fourth-order valence-electron chi connectivity index (χ4n) is 2.55. The monoisotopic (exact) mass is 423 g/mol. The largest absolute Gasteiger partial charge is 0.325 e. The average Bonchev–Trinajstić information content (AvgIpc) is 3.10.